The van der Waals surface area contributed by atoms with E-state index in [1.807, 2.05) is 0 Å². The molecule has 0 aliphatic heterocycles. The standard InChI is InChI=1S/C22H25N3O5S2/c1-14(21(26)23-15-7-3-4-8-15)31-22-24-18-13-16(11-12-20(18)30-22)32(27,28)25-17-9-5-6-10-19(17)29-2/h5-6,9-15,25H,3-4,7-8H2,1-2H3,(H,23,26). The second-order valence-electron chi connectivity index (χ2n) is 7.67. The normalized spacial score (nSPS) is 15.6. The second-order valence-corrected chi connectivity index (χ2v) is 10.6. The van der Waals surface area contributed by atoms with Crippen LogP contribution in [0.25, 0.3) is 11.1 Å². The van der Waals surface area contributed by atoms with Gasteiger partial charge in [-0.2, -0.15) is 0 Å². The summed E-state index contributed by atoms with van der Waals surface area (Å²) >= 11 is 1.21. The van der Waals surface area contributed by atoms with Gasteiger partial charge in [0.05, 0.1) is 22.9 Å². The Morgan fingerprint density at radius 1 is 1.22 bits per heavy atom. The van der Waals surface area contributed by atoms with E-state index in [4.69, 9.17) is 9.15 Å². The van der Waals surface area contributed by atoms with Crippen LogP contribution in [0.5, 0.6) is 5.75 Å². The molecule has 8 nitrogen and oxygen atoms in total. The van der Waals surface area contributed by atoms with Crippen LogP contribution in [0, 0.1) is 0 Å². The smallest absolute Gasteiger partial charge is 0.262 e. The number of para-hydroxylation sites is 2. The van der Waals surface area contributed by atoms with Crippen LogP contribution in [-0.2, 0) is 14.8 Å². The molecule has 1 aliphatic rings. The Hall–Kier alpha value is -2.72. The highest BCUT2D eigenvalue weighted by Crippen LogP contribution is 2.30. The fourth-order valence-corrected chi connectivity index (χ4v) is 5.49. The lowest BCUT2D eigenvalue weighted by molar-refractivity contribution is -0.120. The fourth-order valence-electron chi connectivity index (χ4n) is 3.63. The minimum Gasteiger partial charge on any atom is -0.495 e. The Kier molecular flexibility index (Phi) is 6.61. The number of rotatable bonds is 8. The van der Waals surface area contributed by atoms with Gasteiger partial charge in [0.15, 0.2) is 5.58 Å². The molecule has 1 atom stereocenters. The van der Waals surface area contributed by atoms with Crippen LogP contribution in [0.15, 0.2) is 57.0 Å². The first kappa shape index (κ1) is 22.5. The lowest BCUT2D eigenvalue weighted by Gasteiger charge is -2.15. The number of anilines is 1. The summed E-state index contributed by atoms with van der Waals surface area (Å²) in [6.45, 7) is 1.80. The van der Waals surface area contributed by atoms with E-state index in [2.05, 4.69) is 15.0 Å². The highest BCUT2D eigenvalue weighted by atomic mass is 32.2. The highest BCUT2D eigenvalue weighted by Gasteiger charge is 2.23. The number of methoxy groups -OCH3 is 1. The Bertz CT molecular complexity index is 1220. The molecule has 0 saturated heterocycles. The summed E-state index contributed by atoms with van der Waals surface area (Å²) in [4.78, 5) is 16.9. The molecule has 32 heavy (non-hydrogen) atoms. The molecule has 1 aromatic heterocycles. The van der Waals surface area contributed by atoms with E-state index in [1.165, 1.54) is 31.0 Å². The third-order valence-corrected chi connectivity index (χ3v) is 7.66. The van der Waals surface area contributed by atoms with Crippen molar-refractivity contribution >= 4 is 44.5 Å². The summed E-state index contributed by atoms with van der Waals surface area (Å²) < 4.78 is 39.2. The van der Waals surface area contributed by atoms with E-state index in [-0.39, 0.29) is 22.1 Å². The lowest BCUT2D eigenvalue weighted by atomic mass is 10.2. The monoisotopic (exact) mass is 475 g/mol. The number of amides is 1. The summed E-state index contributed by atoms with van der Waals surface area (Å²) in [5.74, 6) is 0.371. The van der Waals surface area contributed by atoms with Crippen molar-refractivity contribution < 1.29 is 22.4 Å². The molecule has 2 N–H and O–H groups in total. The molecule has 1 unspecified atom stereocenters. The van der Waals surface area contributed by atoms with Gasteiger partial charge in [0.2, 0.25) is 5.91 Å². The first-order chi connectivity index (χ1) is 15.4. The predicted octanol–water partition coefficient (Wildman–Crippen LogP) is 4.18. The molecule has 1 fully saturated rings. The summed E-state index contributed by atoms with van der Waals surface area (Å²) in [5, 5.41) is 3.01. The third-order valence-electron chi connectivity index (χ3n) is 5.35. The van der Waals surface area contributed by atoms with Crippen molar-refractivity contribution in [1.82, 2.24) is 10.3 Å². The number of thioether (sulfide) groups is 1. The molecule has 1 heterocycles. The van der Waals surface area contributed by atoms with Crippen LogP contribution in [0.4, 0.5) is 5.69 Å². The Labute approximate surface area is 191 Å². The molecule has 0 radical (unpaired) electrons. The van der Waals surface area contributed by atoms with E-state index < -0.39 is 10.0 Å². The number of ether oxygens (including phenoxy) is 1. The quantitative estimate of drug-likeness (QED) is 0.470. The SMILES string of the molecule is COc1ccccc1NS(=O)(=O)c1ccc2oc(SC(C)C(=O)NC3CCCC3)nc2c1. The average molecular weight is 476 g/mol. The van der Waals surface area contributed by atoms with Crippen molar-refractivity contribution in [3.63, 3.8) is 0 Å². The minimum absolute atomic E-state index is 0.0477. The zero-order valence-electron chi connectivity index (χ0n) is 17.8. The molecular formula is C22H25N3O5S2. The number of hydrogen-bond donors (Lipinski definition) is 2. The number of carbonyl (C=O) groups excluding carboxylic acids is 1. The molecule has 10 heteroatoms. The van der Waals surface area contributed by atoms with Gasteiger partial charge in [0, 0.05) is 6.04 Å². The predicted molar refractivity (Wildman–Crippen MR) is 124 cm³/mol. The number of oxazole rings is 1. The molecule has 3 aromatic rings. The van der Waals surface area contributed by atoms with Gasteiger partial charge in [-0.1, -0.05) is 36.7 Å². The largest absolute Gasteiger partial charge is 0.495 e. The van der Waals surface area contributed by atoms with E-state index in [0.29, 0.717) is 27.8 Å². The number of benzene rings is 2. The van der Waals surface area contributed by atoms with E-state index in [1.54, 1.807) is 37.3 Å². The summed E-state index contributed by atoms with van der Waals surface area (Å²) in [6, 6.07) is 11.5. The topological polar surface area (TPSA) is 111 Å². The molecular weight excluding hydrogens is 450 g/mol. The molecule has 2 aromatic carbocycles. The van der Waals surface area contributed by atoms with Crippen LogP contribution >= 0.6 is 11.8 Å². The average Bonchev–Trinajstić information content (AvgIpc) is 3.42. The first-order valence-corrected chi connectivity index (χ1v) is 12.8. The van der Waals surface area contributed by atoms with Crippen LogP contribution < -0.4 is 14.8 Å². The zero-order chi connectivity index (χ0) is 22.7. The van der Waals surface area contributed by atoms with Crippen molar-refractivity contribution in [3.8, 4) is 5.75 Å². The van der Waals surface area contributed by atoms with Gasteiger partial charge in [-0.05, 0) is 50.1 Å². The number of fused-ring (bicyclic) bond motifs is 1. The minimum atomic E-state index is -3.86. The molecule has 170 valence electrons. The van der Waals surface area contributed by atoms with E-state index >= 15 is 0 Å². The van der Waals surface area contributed by atoms with Crippen molar-refractivity contribution in [1.29, 1.82) is 0 Å². The Morgan fingerprint density at radius 2 is 1.97 bits per heavy atom. The van der Waals surface area contributed by atoms with Gasteiger partial charge < -0.3 is 14.5 Å². The first-order valence-electron chi connectivity index (χ1n) is 10.4. The van der Waals surface area contributed by atoms with Crippen LogP contribution in [0.1, 0.15) is 32.6 Å². The maximum atomic E-state index is 12.9. The number of aromatic nitrogens is 1. The number of nitrogens with one attached hydrogen (secondary N) is 2. The maximum Gasteiger partial charge on any atom is 0.262 e. The van der Waals surface area contributed by atoms with Crippen molar-refractivity contribution in [2.45, 2.75) is 54.0 Å². The number of carbonyl (C=O) groups is 1. The van der Waals surface area contributed by atoms with Gasteiger partial charge >= 0.3 is 0 Å². The summed E-state index contributed by atoms with van der Waals surface area (Å²) in [6.07, 6.45) is 4.34. The van der Waals surface area contributed by atoms with Gasteiger partial charge in [-0.3, -0.25) is 9.52 Å². The van der Waals surface area contributed by atoms with Crippen molar-refractivity contribution in [3.05, 3.63) is 42.5 Å². The molecule has 1 amide bonds. The summed E-state index contributed by atoms with van der Waals surface area (Å²) in [5.41, 5.74) is 1.19. The fraction of sp³-hybridized carbons (Fsp3) is 0.364. The van der Waals surface area contributed by atoms with E-state index in [9.17, 15) is 13.2 Å². The number of nitrogens with zero attached hydrogens (tertiary/aromatic N) is 1. The molecule has 0 bridgehead atoms. The lowest BCUT2D eigenvalue weighted by Crippen LogP contribution is -2.37. The number of sulfonamides is 1. The molecule has 1 saturated carbocycles. The van der Waals surface area contributed by atoms with Crippen LogP contribution in [0.2, 0.25) is 0 Å². The van der Waals surface area contributed by atoms with Gasteiger partial charge in [0.25, 0.3) is 15.2 Å². The molecule has 4 rings (SSSR count). The van der Waals surface area contributed by atoms with E-state index in [0.717, 1.165) is 25.7 Å². The zero-order valence-corrected chi connectivity index (χ0v) is 19.5. The third kappa shape index (κ3) is 5.02. The van der Waals surface area contributed by atoms with Crippen molar-refractivity contribution in [2.75, 3.05) is 11.8 Å². The maximum absolute atomic E-state index is 12.9. The Balaban J connectivity index is 1.49. The number of hydrogen-bond acceptors (Lipinski definition) is 7. The second kappa shape index (κ2) is 9.41. The molecule has 1 aliphatic carbocycles. The van der Waals surface area contributed by atoms with Gasteiger partial charge in [0.1, 0.15) is 11.3 Å². The summed E-state index contributed by atoms with van der Waals surface area (Å²) in [7, 11) is -2.39. The van der Waals surface area contributed by atoms with Gasteiger partial charge in [-0.15, -0.1) is 0 Å². The van der Waals surface area contributed by atoms with Crippen LogP contribution in [0.3, 0.4) is 0 Å². The van der Waals surface area contributed by atoms with Crippen LogP contribution in [-0.4, -0.2) is 37.7 Å². The Morgan fingerprint density at radius 3 is 2.72 bits per heavy atom. The highest BCUT2D eigenvalue weighted by molar-refractivity contribution is 8.00. The van der Waals surface area contributed by atoms with Gasteiger partial charge in [-0.25, -0.2) is 13.4 Å². The van der Waals surface area contributed by atoms with Crippen molar-refractivity contribution in [2.24, 2.45) is 0 Å². The molecule has 0 spiro atoms.